The number of imidazole rings is 1. The van der Waals surface area contributed by atoms with Crippen LogP contribution < -0.4 is 5.73 Å². The standard InChI is InChI=1S/C23H16N8/c24-15-9-14(11-25-12-15)13-4-5-17-16(10-13)20(31-30-17)23-28-19-6-8-27-21(22(19)29-23)18-3-1-2-7-26-18/h1-12H,24H2,(H,28,29)(H,30,31). The van der Waals surface area contributed by atoms with Crippen LogP contribution in [-0.2, 0) is 0 Å². The van der Waals surface area contributed by atoms with Crippen LogP contribution in [0.15, 0.2) is 73.3 Å². The first-order valence-electron chi connectivity index (χ1n) is 9.72. The number of aromatic nitrogens is 7. The van der Waals surface area contributed by atoms with Crippen LogP contribution in [0.1, 0.15) is 0 Å². The summed E-state index contributed by atoms with van der Waals surface area (Å²) in [7, 11) is 0. The highest BCUT2D eigenvalue weighted by Crippen LogP contribution is 2.32. The molecule has 0 radical (unpaired) electrons. The number of rotatable bonds is 3. The maximum absolute atomic E-state index is 5.91. The van der Waals surface area contributed by atoms with Crippen molar-refractivity contribution in [3.05, 3.63) is 73.3 Å². The number of anilines is 1. The molecule has 0 aliphatic carbocycles. The molecule has 0 amide bonds. The summed E-state index contributed by atoms with van der Waals surface area (Å²) in [6.07, 6.45) is 6.93. The molecule has 0 aliphatic heterocycles. The van der Waals surface area contributed by atoms with Crippen molar-refractivity contribution in [2.75, 3.05) is 5.73 Å². The minimum atomic E-state index is 0.622. The first kappa shape index (κ1) is 17.3. The number of hydrogen-bond acceptors (Lipinski definition) is 6. The second-order valence-corrected chi connectivity index (χ2v) is 7.20. The molecule has 5 heterocycles. The van der Waals surface area contributed by atoms with Gasteiger partial charge in [-0.05, 0) is 42.0 Å². The van der Waals surface area contributed by atoms with Crippen LogP contribution >= 0.6 is 0 Å². The van der Waals surface area contributed by atoms with Gasteiger partial charge in [0.2, 0.25) is 0 Å². The third-order valence-electron chi connectivity index (χ3n) is 5.19. The van der Waals surface area contributed by atoms with Gasteiger partial charge in [0.05, 0.1) is 22.4 Å². The van der Waals surface area contributed by atoms with E-state index >= 15 is 0 Å². The lowest BCUT2D eigenvalue weighted by molar-refractivity contribution is 1.11. The van der Waals surface area contributed by atoms with Crippen LogP contribution in [0.25, 0.3) is 56.0 Å². The number of fused-ring (bicyclic) bond motifs is 2. The molecule has 148 valence electrons. The number of nitrogens with one attached hydrogen (secondary N) is 2. The lowest BCUT2D eigenvalue weighted by atomic mass is 10.0. The van der Waals surface area contributed by atoms with Crippen molar-refractivity contribution in [3.63, 3.8) is 0 Å². The highest BCUT2D eigenvalue weighted by molar-refractivity contribution is 5.97. The van der Waals surface area contributed by atoms with Crippen molar-refractivity contribution in [2.24, 2.45) is 0 Å². The summed E-state index contributed by atoms with van der Waals surface area (Å²) in [5, 5.41) is 8.56. The normalized spacial score (nSPS) is 11.4. The highest BCUT2D eigenvalue weighted by Gasteiger charge is 2.16. The second kappa shape index (κ2) is 6.74. The van der Waals surface area contributed by atoms with Gasteiger partial charge < -0.3 is 10.7 Å². The lowest BCUT2D eigenvalue weighted by Gasteiger charge is -2.03. The van der Waals surface area contributed by atoms with Crippen LogP contribution in [0.4, 0.5) is 5.69 Å². The first-order chi connectivity index (χ1) is 15.3. The topological polar surface area (TPSA) is 122 Å². The molecule has 6 aromatic rings. The zero-order valence-electron chi connectivity index (χ0n) is 16.2. The van der Waals surface area contributed by atoms with Gasteiger partial charge in [-0.25, -0.2) is 4.98 Å². The zero-order valence-corrected chi connectivity index (χ0v) is 16.2. The molecule has 31 heavy (non-hydrogen) atoms. The van der Waals surface area contributed by atoms with Crippen molar-refractivity contribution in [1.82, 2.24) is 35.1 Å². The van der Waals surface area contributed by atoms with Gasteiger partial charge in [0, 0.05) is 35.7 Å². The third-order valence-corrected chi connectivity index (χ3v) is 5.19. The van der Waals surface area contributed by atoms with Crippen molar-refractivity contribution in [2.45, 2.75) is 0 Å². The molecule has 0 bridgehead atoms. The molecule has 8 nitrogen and oxygen atoms in total. The molecule has 0 atom stereocenters. The predicted molar refractivity (Wildman–Crippen MR) is 120 cm³/mol. The van der Waals surface area contributed by atoms with Crippen molar-refractivity contribution in [3.8, 4) is 34.0 Å². The zero-order chi connectivity index (χ0) is 20.8. The predicted octanol–water partition coefficient (Wildman–Crippen LogP) is 4.21. The minimum absolute atomic E-state index is 0.622. The molecule has 6 rings (SSSR count). The van der Waals surface area contributed by atoms with Crippen LogP contribution in [0, 0.1) is 0 Å². The molecule has 8 heteroatoms. The van der Waals surface area contributed by atoms with E-state index in [0.717, 1.165) is 50.1 Å². The van der Waals surface area contributed by atoms with E-state index in [1.165, 1.54) is 0 Å². The highest BCUT2D eigenvalue weighted by atomic mass is 15.1. The van der Waals surface area contributed by atoms with Gasteiger partial charge in [-0.3, -0.25) is 20.1 Å². The minimum Gasteiger partial charge on any atom is -0.397 e. The number of hydrogen-bond donors (Lipinski definition) is 3. The fraction of sp³-hybridized carbons (Fsp3) is 0. The molecular weight excluding hydrogens is 388 g/mol. The fourth-order valence-electron chi connectivity index (χ4n) is 3.73. The summed E-state index contributed by atoms with van der Waals surface area (Å²) in [6, 6.07) is 15.6. The second-order valence-electron chi connectivity index (χ2n) is 7.20. The Labute approximate surface area is 176 Å². The number of pyridine rings is 3. The molecule has 0 saturated carbocycles. The number of nitrogens with two attached hydrogens (primary N) is 1. The number of nitrogen functional groups attached to an aromatic ring is 1. The smallest absolute Gasteiger partial charge is 0.159 e. The van der Waals surface area contributed by atoms with E-state index in [2.05, 4.69) is 36.2 Å². The quantitative estimate of drug-likeness (QED) is 0.406. The van der Waals surface area contributed by atoms with Gasteiger partial charge >= 0.3 is 0 Å². The van der Waals surface area contributed by atoms with E-state index in [1.54, 1.807) is 24.8 Å². The van der Waals surface area contributed by atoms with E-state index in [9.17, 15) is 0 Å². The Balaban J connectivity index is 1.51. The molecule has 0 spiro atoms. The van der Waals surface area contributed by atoms with Gasteiger partial charge in [0.15, 0.2) is 5.82 Å². The molecular formula is C23H16N8. The number of H-pyrrole nitrogens is 2. The van der Waals surface area contributed by atoms with Crippen LogP contribution in [0.3, 0.4) is 0 Å². The largest absolute Gasteiger partial charge is 0.397 e. The number of aromatic amines is 2. The monoisotopic (exact) mass is 404 g/mol. The molecule has 5 aromatic heterocycles. The van der Waals surface area contributed by atoms with E-state index in [1.807, 2.05) is 42.5 Å². The summed E-state index contributed by atoms with van der Waals surface area (Å²) in [6.45, 7) is 0. The number of benzene rings is 1. The maximum atomic E-state index is 5.91. The van der Waals surface area contributed by atoms with E-state index in [4.69, 9.17) is 10.7 Å². The van der Waals surface area contributed by atoms with Crippen molar-refractivity contribution < 1.29 is 0 Å². The van der Waals surface area contributed by atoms with Gasteiger partial charge in [0.1, 0.15) is 16.9 Å². The molecule has 0 fully saturated rings. The summed E-state index contributed by atoms with van der Waals surface area (Å²) in [4.78, 5) is 21.3. The Bertz CT molecular complexity index is 1550. The Morgan fingerprint density at radius 3 is 2.65 bits per heavy atom. The fourth-order valence-corrected chi connectivity index (χ4v) is 3.73. The first-order valence-corrected chi connectivity index (χ1v) is 9.72. The molecule has 0 unspecified atom stereocenters. The van der Waals surface area contributed by atoms with Gasteiger partial charge in [0.25, 0.3) is 0 Å². The molecule has 0 aliphatic rings. The van der Waals surface area contributed by atoms with Gasteiger partial charge in [-0.2, -0.15) is 5.10 Å². The lowest BCUT2D eigenvalue weighted by Crippen LogP contribution is -1.88. The van der Waals surface area contributed by atoms with Crippen LogP contribution in [-0.4, -0.2) is 35.1 Å². The van der Waals surface area contributed by atoms with Gasteiger partial charge in [-0.1, -0.05) is 12.1 Å². The third kappa shape index (κ3) is 2.89. The van der Waals surface area contributed by atoms with E-state index in [-0.39, 0.29) is 0 Å². The Morgan fingerprint density at radius 2 is 1.77 bits per heavy atom. The average molecular weight is 404 g/mol. The molecule has 0 saturated heterocycles. The van der Waals surface area contributed by atoms with Crippen molar-refractivity contribution >= 4 is 27.6 Å². The summed E-state index contributed by atoms with van der Waals surface area (Å²) in [5.74, 6) is 0.661. The van der Waals surface area contributed by atoms with Crippen LogP contribution in [0.2, 0.25) is 0 Å². The SMILES string of the molecule is Nc1cncc(-c2ccc3[nH]nc(-c4nc5c(-c6ccccn6)nccc5[nH]4)c3c2)c1. The Hall–Kier alpha value is -4.59. The van der Waals surface area contributed by atoms with E-state index in [0.29, 0.717) is 11.5 Å². The molecule has 4 N–H and O–H groups in total. The number of nitrogens with zero attached hydrogens (tertiary/aromatic N) is 5. The Kier molecular flexibility index (Phi) is 3.76. The summed E-state index contributed by atoms with van der Waals surface area (Å²) in [5.41, 5.74) is 13.3. The van der Waals surface area contributed by atoms with Crippen LogP contribution in [0.5, 0.6) is 0 Å². The van der Waals surface area contributed by atoms with Crippen molar-refractivity contribution in [1.29, 1.82) is 0 Å². The van der Waals surface area contributed by atoms with Gasteiger partial charge in [-0.15, -0.1) is 0 Å². The summed E-state index contributed by atoms with van der Waals surface area (Å²) < 4.78 is 0. The Morgan fingerprint density at radius 1 is 0.806 bits per heavy atom. The molecule has 1 aromatic carbocycles. The summed E-state index contributed by atoms with van der Waals surface area (Å²) >= 11 is 0. The average Bonchev–Trinajstić information content (AvgIpc) is 3.43. The maximum Gasteiger partial charge on any atom is 0.159 e. The van der Waals surface area contributed by atoms with E-state index < -0.39 is 0 Å².